The molecule has 11 nitrogen and oxygen atoms in total. The van der Waals surface area contributed by atoms with Crippen LogP contribution in [0.15, 0.2) is 0 Å². The highest BCUT2D eigenvalue weighted by molar-refractivity contribution is 5.73. The van der Waals surface area contributed by atoms with Crippen LogP contribution in [0.4, 0.5) is 4.79 Å². The first-order valence-electron chi connectivity index (χ1n) is 9.91. The van der Waals surface area contributed by atoms with Gasteiger partial charge in [0.1, 0.15) is 5.60 Å². The number of primary amides is 1. The van der Waals surface area contributed by atoms with E-state index in [0.29, 0.717) is 32.9 Å². The van der Waals surface area contributed by atoms with E-state index in [-0.39, 0.29) is 45.9 Å². The molecule has 2 amide bonds. The van der Waals surface area contributed by atoms with Crippen LogP contribution in [-0.2, 0) is 33.3 Å². The van der Waals surface area contributed by atoms with Gasteiger partial charge in [0, 0.05) is 19.5 Å². The van der Waals surface area contributed by atoms with E-state index in [0.717, 1.165) is 0 Å². The molecule has 176 valence electrons. The fraction of sp³-hybridized carbons (Fsp3) is 0.842. The summed E-state index contributed by atoms with van der Waals surface area (Å²) in [4.78, 5) is 34.8. The van der Waals surface area contributed by atoms with Crippen molar-refractivity contribution in [3.63, 3.8) is 0 Å². The van der Waals surface area contributed by atoms with Crippen LogP contribution in [0.25, 0.3) is 0 Å². The van der Waals surface area contributed by atoms with Crippen LogP contribution in [0.1, 0.15) is 33.6 Å². The average molecular weight is 437 g/mol. The molecule has 0 aromatic carbocycles. The summed E-state index contributed by atoms with van der Waals surface area (Å²) in [6.45, 7) is 8.14. The normalized spacial score (nSPS) is 11.3. The highest BCUT2D eigenvalue weighted by Gasteiger charge is 2.21. The first kappa shape index (κ1) is 28.1. The molecule has 0 aliphatic rings. The Hall–Kier alpha value is -1.95. The Morgan fingerprint density at radius 3 is 1.60 bits per heavy atom. The summed E-state index contributed by atoms with van der Waals surface area (Å²) in [5, 5.41) is 8.52. The number of carboxylic acids is 1. The zero-order valence-electron chi connectivity index (χ0n) is 18.2. The van der Waals surface area contributed by atoms with Gasteiger partial charge in [-0.2, -0.15) is 0 Å². The number of hydrogen-bond acceptors (Lipinski definition) is 8. The zero-order valence-corrected chi connectivity index (χ0v) is 18.2. The van der Waals surface area contributed by atoms with Crippen molar-refractivity contribution >= 4 is 18.0 Å². The lowest BCUT2D eigenvalue weighted by molar-refractivity contribution is -0.138. The number of hydrogen-bond donors (Lipinski definition) is 2. The van der Waals surface area contributed by atoms with Crippen LogP contribution >= 0.6 is 0 Å². The molecule has 0 fully saturated rings. The third kappa shape index (κ3) is 19.4. The van der Waals surface area contributed by atoms with Crippen molar-refractivity contribution in [2.75, 3.05) is 65.9 Å². The van der Waals surface area contributed by atoms with E-state index in [4.69, 9.17) is 34.5 Å². The Bertz CT molecular complexity index is 465. The van der Waals surface area contributed by atoms with E-state index in [1.54, 1.807) is 20.8 Å². The maximum Gasteiger partial charge on any atom is 0.410 e. The van der Waals surface area contributed by atoms with E-state index in [1.165, 1.54) is 4.90 Å². The van der Waals surface area contributed by atoms with Crippen LogP contribution < -0.4 is 5.73 Å². The molecule has 0 saturated heterocycles. The maximum absolute atomic E-state index is 12.3. The summed E-state index contributed by atoms with van der Waals surface area (Å²) < 4.78 is 26.6. The number of rotatable bonds is 18. The third-order valence-corrected chi connectivity index (χ3v) is 3.36. The molecule has 0 unspecified atom stereocenters. The molecule has 0 aliphatic heterocycles. The second-order valence-corrected chi connectivity index (χ2v) is 7.28. The van der Waals surface area contributed by atoms with Crippen molar-refractivity contribution in [2.45, 2.75) is 39.2 Å². The topological polar surface area (TPSA) is 147 Å². The molecule has 0 aliphatic carbocycles. The fourth-order valence-electron chi connectivity index (χ4n) is 1.95. The lowest BCUT2D eigenvalue weighted by Crippen LogP contribution is -2.40. The van der Waals surface area contributed by atoms with Gasteiger partial charge in [-0.15, -0.1) is 0 Å². The summed E-state index contributed by atoms with van der Waals surface area (Å²) in [5.41, 5.74) is 4.39. The summed E-state index contributed by atoms with van der Waals surface area (Å²) >= 11 is 0. The van der Waals surface area contributed by atoms with Gasteiger partial charge >= 0.3 is 12.1 Å². The lowest BCUT2D eigenvalue weighted by Gasteiger charge is -2.27. The van der Waals surface area contributed by atoms with Crippen LogP contribution in [0.2, 0.25) is 0 Å². The highest BCUT2D eigenvalue weighted by atomic mass is 16.6. The molecule has 30 heavy (non-hydrogen) atoms. The average Bonchev–Trinajstić information content (AvgIpc) is 2.62. The maximum atomic E-state index is 12.3. The standard InChI is InChI=1S/C19H36N2O9/c1-19(2,3)30-18(25)21(6-10-28-14-12-26-8-4-16(20)22)7-11-29-15-13-27-9-5-17(23)24/h4-15H2,1-3H3,(H2,20,22)(H,23,24). The number of carboxylic acid groups (broad SMARTS) is 1. The number of nitrogens with two attached hydrogens (primary N) is 1. The molecule has 0 bridgehead atoms. The Balaban J connectivity index is 4.07. The predicted octanol–water partition coefficient (Wildman–Crippen LogP) is 0.640. The number of aliphatic carboxylic acids is 1. The second-order valence-electron chi connectivity index (χ2n) is 7.28. The molecule has 3 N–H and O–H groups in total. The summed E-state index contributed by atoms with van der Waals surface area (Å²) in [7, 11) is 0. The first-order valence-corrected chi connectivity index (χ1v) is 9.91. The van der Waals surface area contributed by atoms with Gasteiger partial charge in [0.15, 0.2) is 0 Å². The lowest BCUT2D eigenvalue weighted by atomic mass is 10.2. The molecule has 0 saturated carbocycles. The van der Waals surface area contributed by atoms with E-state index in [9.17, 15) is 14.4 Å². The highest BCUT2D eigenvalue weighted by Crippen LogP contribution is 2.09. The van der Waals surface area contributed by atoms with Crippen LogP contribution in [0.5, 0.6) is 0 Å². The van der Waals surface area contributed by atoms with Gasteiger partial charge in [-0.25, -0.2) is 4.79 Å². The molecule has 0 rings (SSSR count). The smallest absolute Gasteiger partial charge is 0.410 e. The molecule has 0 aromatic rings. The van der Waals surface area contributed by atoms with Gasteiger partial charge in [0.05, 0.1) is 59.3 Å². The molecular weight excluding hydrogens is 400 g/mol. The van der Waals surface area contributed by atoms with Crippen molar-refractivity contribution in [2.24, 2.45) is 5.73 Å². The van der Waals surface area contributed by atoms with Crippen molar-refractivity contribution < 1.29 is 43.2 Å². The summed E-state index contributed by atoms with van der Waals surface area (Å²) in [5.74, 6) is -1.33. The van der Waals surface area contributed by atoms with Crippen LogP contribution in [0, 0.1) is 0 Å². The number of carbonyl (C=O) groups excluding carboxylic acids is 2. The van der Waals surface area contributed by atoms with Gasteiger partial charge < -0.3 is 39.4 Å². The van der Waals surface area contributed by atoms with E-state index in [2.05, 4.69) is 0 Å². The Labute approximate surface area is 177 Å². The van der Waals surface area contributed by atoms with Gasteiger partial charge in [0.2, 0.25) is 5.91 Å². The molecule has 0 radical (unpaired) electrons. The Kier molecular flexibility index (Phi) is 15.7. The largest absolute Gasteiger partial charge is 0.481 e. The van der Waals surface area contributed by atoms with Crippen molar-refractivity contribution in [1.82, 2.24) is 4.90 Å². The monoisotopic (exact) mass is 436 g/mol. The van der Waals surface area contributed by atoms with E-state index in [1.807, 2.05) is 0 Å². The molecule has 0 spiro atoms. The Morgan fingerprint density at radius 2 is 1.20 bits per heavy atom. The predicted molar refractivity (Wildman–Crippen MR) is 107 cm³/mol. The number of amides is 2. The van der Waals surface area contributed by atoms with Gasteiger partial charge in [-0.3, -0.25) is 9.59 Å². The first-order chi connectivity index (χ1) is 14.1. The van der Waals surface area contributed by atoms with E-state index < -0.39 is 23.6 Å². The fourth-order valence-corrected chi connectivity index (χ4v) is 1.95. The molecular formula is C19H36N2O9. The van der Waals surface area contributed by atoms with Crippen LogP contribution in [-0.4, -0.2) is 99.5 Å². The van der Waals surface area contributed by atoms with E-state index >= 15 is 0 Å². The molecule has 0 atom stereocenters. The number of nitrogens with zero attached hydrogens (tertiary/aromatic N) is 1. The second kappa shape index (κ2) is 16.8. The minimum atomic E-state index is -0.914. The van der Waals surface area contributed by atoms with Gasteiger partial charge in [-0.05, 0) is 20.8 Å². The Morgan fingerprint density at radius 1 is 0.767 bits per heavy atom. The molecule has 0 aromatic heterocycles. The summed E-state index contributed by atoms with van der Waals surface area (Å²) in [6, 6.07) is 0. The van der Waals surface area contributed by atoms with Crippen LogP contribution in [0.3, 0.4) is 0 Å². The summed E-state index contributed by atoms with van der Waals surface area (Å²) in [6.07, 6.45) is -0.357. The van der Waals surface area contributed by atoms with Crippen molar-refractivity contribution in [1.29, 1.82) is 0 Å². The van der Waals surface area contributed by atoms with Gasteiger partial charge in [-0.1, -0.05) is 0 Å². The number of ether oxygens (including phenoxy) is 5. The minimum absolute atomic E-state index is 0.0530. The molecule has 11 heteroatoms. The van der Waals surface area contributed by atoms with Gasteiger partial charge in [0.25, 0.3) is 0 Å². The molecule has 0 heterocycles. The quantitative estimate of drug-likeness (QED) is 0.295. The minimum Gasteiger partial charge on any atom is -0.481 e. The van der Waals surface area contributed by atoms with Crippen molar-refractivity contribution in [3.8, 4) is 0 Å². The van der Waals surface area contributed by atoms with Crippen molar-refractivity contribution in [3.05, 3.63) is 0 Å². The zero-order chi connectivity index (χ0) is 22.8. The SMILES string of the molecule is CC(C)(C)OC(=O)N(CCOCCOCCC(N)=O)CCOCCOCCC(=O)O. The number of carbonyl (C=O) groups is 3. The third-order valence-electron chi connectivity index (χ3n) is 3.36.